The number of carbonyl (C=O) groups excluding carboxylic acids is 1. The summed E-state index contributed by atoms with van der Waals surface area (Å²) in [6.07, 6.45) is 3.81. The van der Waals surface area contributed by atoms with Crippen molar-refractivity contribution in [2.75, 3.05) is 15.8 Å². The van der Waals surface area contributed by atoms with Crippen molar-refractivity contribution in [1.29, 1.82) is 5.26 Å². The number of nitrogens with one attached hydrogen (secondary N) is 1. The van der Waals surface area contributed by atoms with Gasteiger partial charge in [0.05, 0.1) is 57.0 Å². The number of fused-ring (bicyclic) bond motifs is 2. The van der Waals surface area contributed by atoms with Crippen molar-refractivity contribution in [1.82, 2.24) is 10.3 Å². The van der Waals surface area contributed by atoms with E-state index in [0.717, 1.165) is 12.8 Å². The molecule has 1 saturated carbocycles. The maximum atomic E-state index is 14.2. The zero-order chi connectivity index (χ0) is 29.0. The largest absolute Gasteiger partial charge is 0.346 e. The highest BCUT2D eigenvalue weighted by atomic mass is 35.5. The van der Waals surface area contributed by atoms with Crippen LogP contribution in [0.3, 0.4) is 0 Å². The van der Waals surface area contributed by atoms with Crippen LogP contribution in [0.1, 0.15) is 52.9 Å². The Hall–Kier alpha value is -3.46. The summed E-state index contributed by atoms with van der Waals surface area (Å²) in [6.45, 7) is 0.114. The molecule has 2 fully saturated rings. The number of carbonyl (C=O) groups is 1. The summed E-state index contributed by atoms with van der Waals surface area (Å²) in [5.74, 6) is -0.395. The van der Waals surface area contributed by atoms with E-state index in [4.69, 9.17) is 11.6 Å². The van der Waals surface area contributed by atoms with Crippen LogP contribution in [-0.2, 0) is 31.8 Å². The molecule has 41 heavy (non-hydrogen) atoms. The molecule has 2 aromatic carbocycles. The van der Waals surface area contributed by atoms with Crippen molar-refractivity contribution in [3.8, 4) is 6.07 Å². The number of nitriles is 1. The maximum absolute atomic E-state index is 14.2. The fourth-order valence-electron chi connectivity index (χ4n) is 6.23. The van der Waals surface area contributed by atoms with E-state index < -0.39 is 31.3 Å². The molecule has 3 aliphatic rings. The zero-order valence-electron chi connectivity index (χ0n) is 22.0. The number of hydrogen-bond acceptors (Lipinski definition) is 7. The Bertz CT molecular complexity index is 1790. The highest BCUT2D eigenvalue weighted by Crippen LogP contribution is 2.59. The minimum atomic E-state index is -4.07. The number of sulfone groups is 1. The number of anilines is 1. The molecule has 1 saturated heterocycles. The molecule has 1 aliphatic carbocycles. The highest BCUT2D eigenvalue weighted by Gasteiger charge is 2.60. The number of nitrogens with zero attached hydrogens (tertiary/aromatic N) is 3. The fourth-order valence-corrected chi connectivity index (χ4v) is 9.77. The molecule has 1 amide bonds. The van der Waals surface area contributed by atoms with E-state index in [9.17, 15) is 26.9 Å². The average molecular weight is 611 g/mol. The van der Waals surface area contributed by atoms with E-state index in [2.05, 4.69) is 10.3 Å². The Morgan fingerprint density at radius 1 is 1.12 bits per heavy atom. The van der Waals surface area contributed by atoms with Gasteiger partial charge in [-0.3, -0.25) is 14.1 Å². The smallest absolute Gasteiger partial charge is 0.264 e. The second kappa shape index (κ2) is 10.1. The molecule has 6 rings (SSSR count). The molecule has 1 spiro atoms. The number of benzene rings is 2. The van der Waals surface area contributed by atoms with Crippen molar-refractivity contribution >= 4 is 43.1 Å². The lowest BCUT2D eigenvalue weighted by Crippen LogP contribution is -2.52. The first-order valence-corrected chi connectivity index (χ1v) is 17.0. The number of halogens is 1. The van der Waals surface area contributed by atoms with Gasteiger partial charge in [0.15, 0.2) is 0 Å². The monoisotopic (exact) mass is 610 g/mol. The number of sulfonamides is 1. The number of hydrogen-bond donors (Lipinski definition) is 1. The summed E-state index contributed by atoms with van der Waals surface area (Å²) in [4.78, 5) is 17.5. The summed E-state index contributed by atoms with van der Waals surface area (Å²) in [5, 5.41) is 12.5. The predicted molar refractivity (Wildman–Crippen MR) is 154 cm³/mol. The predicted octanol–water partition coefficient (Wildman–Crippen LogP) is 3.97. The summed E-state index contributed by atoms with van der Waals surface area (Å²) < 4.78 is 55.0. The van der Waals surface area contributed by atoms with Gasteiger partial charge in [0.25, 0.3) is 15.9 Å². The lowest BCUT2D eigenvalue weighted by Gasteiger charge is -2.41. The van der Waals surface area contributed by atoms with Gasteiger partial charge in [-0.2, -0.15) is 5.26 Å². The molecule has 1 atom stereocenters. The minimum absolute atomic E-state index is 0.0466. The number of amides is 1. The Morgan fingerprint density at radius 2 is 1.83 bits per heavy atom. The lowest BCUT2D eigenvalue weighted by molar-refractivity contribution is 0.0950. The second-order valence-corrected chi connectivity index (χ2v) is 15.4. The van der Waals surface area contributed by atoms with Crippen LogP contribution in [0.5, 0.6) is 0 Å². The lowest BCUT2D eigenvalue weighted by atomic mass is 9.70. The first kappa shape index (κ1) is 27.7. The standard InChI is InChI=1S/C29H27ClN4O5S2/c30-24-2-1-13-32-25(24)18-33-28(35)21-7-10-26-23(16-21)29(11-14-40(36,37)15-12-29)27(20-5-6-20)34(26)41(38,39)22-8-3-19(17-31)4-9-22/h1-4,7-10,13,16,20,27H,5-6,11-12,14-15,18H2,(H,33,35). The van der Waals surface area contributed by atoms with Crippen LogP contribution in [0.25, 0.3) is 0 Å². The van der Waals surface area contributed by atoms with Crippen molar-refractivity contribution in [2.45, 2.75) is 48.6 Å². The summed E-state index contributed by atoms with van der Waals surface area (Å²) in [6, 6.07) is 15.7. The van der Waals surface area contributed by atoms with Crippen LogP contribution in [0.2, 0.25) is 5.02 Å². The molecule has 1 aromatic heterocycles. The summed E-state index contributed by atoms with van der Waals surface area (Å²) >= 11 is 6.19. The molecular weight excluding hydrogens is 584 g/mol. The van der Waals surface area contributed by atoms with Crippen molar-refractivity contribution < 1.29 is 21.6 Å². The molecule has 12 heteroatoms. The van der Waals surface area contributed by atoms with E-state index >= 15 is 0 Å². The van der Waals surface area contributed by atoms with Gasteiger partial charge in [-0.25, -0.2) is 16.8 Å². The minimum Gasteiger partial charge on any atom is -0.346 e. The van der Waals surface area contributed by atoms with E-state index in [1.807, 2.05) is 6.07 Å². The van der Waals surface area contributed by atoms with Gasteiger partial charge < -0.3 is 5.32 Å². The molecular formula is C29H27ClN4O5S2. The van der Waals surface area contributed by atoms with Crippen molar-refractivity contribution in [2.24, 2.45) is 5.92 Å². The third-order valence-electron chi connectivity index (χ3n) is 8.43. The van der Waals surface area contributed by atoms with Crippen LogP contribution < -0.4 is 9.62 Å². The Kier molecular flexibility index (Phi) is 6.83. The summed E-state index contributed by atoms with van der Waals surface area (Å²) in [7, 11) is -7.33. The van der Waals surface area contributed by atoms with E-state index in [1.165, 1.54) is 28.6 Å². The third-order valence-corrected chi connectivity index (χ3v) is 12.2. The summed E-state index contributed by atoms with van der Waals surface area (Å²) in [5.41, 5.74) is 1.62. The molecule has 3 aromatic rings. The molecule has 0 bridgehead atoms. The molecule has 1 unspecified atom stereocenters. The molecule has 2 aliphatic heterocycles. The van der Waals surface area contributed by atoms with Crippen molar-refractivity contribution in [3.05, 3.63) is 88.2 Å². The van der Waals surface area contributed by atoms with Gasteiger partial charge in [0.1, 0.15) is 9.84 Å². The van der Waals surface area contributed by atoms with Gasteiger partial charge in [-0.1, -0.05) is 11.6 Å². The molecule has 3 heterocycles. The molecule has 9 nitrogen and oxygen atoms in total. The van der Waals surface area contributed by atoms with E-state index in [-0.39, 0.29) is 47.6 Å². The molecule has 212 valence electrons. The Morgan fingerprint density at radius 3 is 2.46 bits per heavy atom. The van der Waals surface area contributed by atoms with Gasteiger partial charge in [-0.15, -0.1) is 0 Å². The molecule has 0 radical (unpaired) electrons. The van der Waals surface area contributed by atoms with Crippen LogP contribution >= 0.6 is 11.6 Å². The average Bonchev–Trinajstić information content (AvgIpc) is 3.77. The van der Waals surface area contributed by atoms with Crippen LogP contribution in [-0.4, -0.2) is 45.3 Å². The van der Waals surface area contributed by atoms with Gasteiger partial charge in [0.2, 0.25) is 0 Å². The SMILES string of the molecule is N#Cc1ccc(S(=O)(=O)N2c3ccc(C(=O)NCc4ncccc4Cl)cc3C3(CCS(=O)(=O)CC3)C2C2CC2)cc1. The Balaban J connectivity index is 1.43. The first-order valence-electron chi connectivity index (χ1n) is 13.3. The van der Waals surface area contributed by atoms with Gasteiger partial charge in [0, 0.05) is 17.2 Å². The van der Waals surface area contributed by atoms with Gasteiger partial charge >= 0.3 is 0 Å². The van der Waals surface area contributed by atoms with E-state index in [1.54, 1.807) is 36.5 Å². The first-order chi connectivity index (χ1) is 19.6. The van der Waals surface area contributed by atoms with Crippen LogP contribution in [0.4, 0.5) is 5.69 Å². The number of pyridine rings is 1. The molecule has 1 N–H and O–H groups in total. The third kappa shape index (κ3) is 4.88. The quantitative estimate of drug-likeness (QED) is 0.446. The number of rotatable bonds is 6. The second-order valence-electron chi connectivity index (χ2n) is 10.9. The maximum Gasteiger partial charge on any atom is 0.264 e. The highest BCUT2D eigenvalue weighted by molar-refractivity contribution is 7.93. The zero-order valence-corrected chi connectivity index (χ0v) is 24.3. The number of aromatic nitrogens is 1. The Labute approximate surface area is 244 Å². The normalized spacial score (nSPS) is 20.8. The van der Waals surface area contributed by atoms with E-state index in [0.29, 0.717) is 33.1 Å². The van der Waals surface area contributed by atoms with Gasteiger partial charge in [-0.05, 0) is 91.8 Å². The van der Waals surface area contributed by atoms with Crippen molar-refractivity contribution in [3.63, 3.8) is 0 Å². The van der Waals surface area contributed by atoms with Crippen LogP contribution in [0, 0.1) is 17.2 Å². The topological polar surface area (TPSA) is 137 Å². The fraction of sp³-hybridized carbons (Fsp3) is 0.345. The van der Waals surface area contributed by atoms with Crippen LogP contribution in [0.15, 0.2) is 65.7 Å².